The number of nitrogen functional groups attached to an aromatic ring is 1. The van der Waals surface area contributed by atoms with E-state index in [9.17, 15) is 0 Å². The van der Waals surface area contributed by atoms with Gasteiger partial charge in [0.2, 0.25) is 0 Å². The first-order valence-electron chi connectivity index (χ1n) is 5.36. The highest BCUT2D eigenvalue weighted by molar-refractivity contribution is 7.98. The van der Waals surface area contributed by atoms with Gasteiger partial charge in [0.15, 0.2) is 0 Å². The van der Waals surface area contributed by atoms with Gasteiger partial charge in [-0.1, -0.05) is 11.6 Å². The highest BCUT2D eigenvalue weighted by atomic mass is 35.5. The first-order chi connectivity index (χ1) is 7.75. The van der Waals surface area contributed by atoms with Crippen LogP contribution in [0.1, 0.15) is 18.5 Å². The number of hydrogen-bond donors (Lipinski definition) is 1. The van der Waals surface area contributed by atoms with Crippen molar-refractivity contribution < 1.29 is 4.74 Å². The Hall–Kier alpha value is -0.450. The van der Waals surface area contributed by atoms with Crippen LogP contribution >= 0.6 is 23.4 Å². The van der Waals surface area contributed by atoms with Gasteiger partial charge in [-0.25, -0.2) is 4.98 Å². The fourth-order valence-corrected chi connectivity index (χ4v) is 2.97. The van der Waals surface area contributed by atoms with Crippen molar-refractivity contribution in [3.05, 3.63) is 22.8 Å². The van der Waals surface area contributed by atoms with Gasteiger partial charge in [0.05, 0.1) is 16.8 Å². The van der Waals surface area contributed by atoms with Gasteiger partial charge in [-0.3, -0.25) is 0 Å². The van der Waals surface area contributed by atoms with Crippen LogP contribution < -0.4 is 5.73 Å². The number of halogens is 1. The minimum atomic E-state index is 0.407. The Kier molecular flexibility index (Phi) is 4.32. The molecule has 2 rings (SSSR count). The zero-order valence-electron chi connectivity index (χ0n) is 8.99. The zero-order valence-corrected chi connectivity index (χ0v) is 10.6. The second kappa shape index (κ2) is 5.75. The molecule has 1 aromatic heterocycles. The molecule has 2 N–H and O–H groups in total. The van der Waals surface area contributed by atoms with Crippen molar-refractivity contribution in [1.82, 2.24) is 4.98 Å². The molecule has 1 atom stereocenters. The summed E-state index contributed by atoms with van der Waals surface area (Å²) in [6.07, 6.45) is 2.76. The normalized spacial score (nSPS) is 20.2. The smallest absolute Gasteiger partial charge is 0.123 e. The summed E-state index contributed by atoms with van der Waals surface area (Å²) in [6, 6.07) is 3.52. The minimum Gasteiger partial charge on any atom is -0.384 e. The molecule has 2 heterocycles. The Bertz CT molecular complexity index is 356. The topological polar surface area (TPSA) is 48.1 Å². The van der Waals surface area contributed by atoms with Gasteiger partial charge >= 0.3 is 0 Å². The molecule has 1 fully saturated rings. The highest BCUT2D eigenvalue weighted by Crippen LogP contribution is 2.23. The number of rotatable bonds is 4. The van der Waals surface area contributed by atoms with Crippen LogP contribution in [0.25, 0.3) is 0 Å². The number of aromatic nitrogens is 1. The fourth-order valence-electron chi connectivity index (χ4n) is 1.67. The van der Waals surface area contributed by atoms with E-state index in [0.29, 0.717) is 16.9 Å². The quantitative estimate of drug-likeness (QED) is 0.902. The molecule has 1 aliphatic heterocycles. The minimum absolute atomic E-state index is 0.407. The van der Waals surface area contributed by atoms with Crippen LogP contribution in [0.5, 0.6) is 0 Å². The van der Waals surface area contributed by atoms with Crippen LogP contribution in [-0.2, 0) is 10.5 Å². The van der Waals surface area contributed by atoms with E-state index in [2.05, 4.69) is 4.98 Å². The molecule has 1 saturated heterocycles. The number of thioether (sulfide) groups is 1. The summed E-state index contributed by atoms with van der Waals surface area (Å²) in [4.78, 5) is 4.22. The molecule has 1 unspecified atom stereocenters. The van der Waals surface area contributed by atoms with E-state index in [0.717, 1.165) is 23.8 Å². The van der Waals surface area contributed by atoms with Crippen LogP contribution in [0, 0.1) is 0 Å². The molecule has 0 aromatic carbocycles. The fraction of sp³-hybridized carbons (Fsp3) is 0.545. The van der Waals surface area contributed by atoms with Crippen molar-refractivity contribution in [3.63, 3.8) is 0 Å². The van der Waals surface area contributed by atoms with Crippen LogP contribution in [0.15, 0.2) is 12.1 Å². The van der Waals surface area contributed by atoms with Crippen LogP contribution in [0.3, 0.4) is 0 Å². The van der Waals surface area contributed by atoms with Crippen molar-refractivity contribution in [1.29, 1.82) is 0 Å². The summed E-state index contributed by atoms with van der Waals surface area (Å²) < 4.78 is 5.55. The summed E-state index contributed by atoms with van der Waals surface area (Å²) in [7, 11) is 0. The molecule has 0 bridgehead atoms. The molecule has 16 heavy (non-hydrogen) atoms. The summed E-state index contributed by atoms with van der Waals surface area (Å²) in [5, 5.41) is 0.689. The number of nitrogens with zero attached hydrogens (tertiary/aromatic N) is 1. The van der Waals surface area contributed by atoms with Crippen molar-refractivity contribution in [3.8, 4) is 0 Å². The SMILES string of the molecule is Nc1ccc(Cl)c(CSCC2CCCO2)n1. The molecule has 0 spiro atoms. The number of hydrogen-bond acceptors (Lipinski definition) is 4. The molecule has 3 nitrogen and oxygen atoms in total. The number of anilines is 1. The molecule has 0 radical (unpaired) electrons. The summed E-state index contributed by atoms with van der Waals surface area (Å²) in [5.41, 5.74) is 6.48. The summed E-state index contributed by atoms with van der Waals surface area (Å²) >= 11 is 7.83. The molecule has 0 aliphatic carbocycles. The van der Waals surface area contributed by atoms with Gasteiger partial charge in [0.25, 0.3) is 0 Å². The zero-order chi connectivity index (χ0) is 11.4. The molecule has 1 aromatic rings. The summed E-state index contributed by atoms with van der Waals surface area (Å²) in [6.45, 7) is 0.905. The molecule has 1 aliphatic rings. The van der Waals surface area contributed by atoms with Crippen LogP contribution in [0.4, 0.5) is 5.82 Å². The molecule has 5 heteroatoms. The third-order valence-electron chi connectivity index (χ3n) is 2.51. The average Bonchev–Trinajstić information content (AvgIpc) is 2.76. The second-order valence-corrected chi connectivity index (χ2v) is 5.25. The first kappa shape index (κ1) is 12.0. The lowest BCUT2D eigenvalue weighted by Gasteiger charge is -2.09. The molecule has 88 valence electrons. The predicted molar refractivity (Wildman–Crippen MR) is 68.8 cm³/mol. The number of nitrogens with two attached hydrogens (primary N) is 1. The van der Waals surface area contributed by atoms with Gasteiger partial charge in [0, 0.05) is 18.1 Å². The maximum absolute atomic E-state index is 6.03. The Labute approximate surface area is 105 Å². The standard InChI is InChI=1S/C11H15ClN2OS/c12-9-3-4-11(13)14-10(9)7-16-6-8-2-1-5-15-8/h3-4,8H,1-2,5-7H2,(H2,13,14). The Balaban J connectivity index is 1.82. The summed E-state index contributed by atoms with van der Waals surface area (Å²) in [5.74, 6) is 2.33. The van der Waals surface area contributed by atoms with Crippen molar-refractivity contribution in [2.45, 2.75) is 24.7 Å². The lowest BCUT2D eigenvalue weighted by Crippen LogP contribution is -2.08. The highest BCUT2D eigenvalue weighted by Gasteiger charge is 2.15. The molecular weight excluding hydrogens is 244 g/mol. The second-order valence-electron chi connectivity index (χ2n) is 3.81. The van der Waals surface area contributed by atoms with Gasteiger partial charge < -0.3 is 10.5 Å². The van der Waals surface area contributed by atoms with Crippen molar-refractivity contribution >= 4 is 29.2 Å². The number of pyridine rings is 1. The first-order valence-corrected chi connectivity index (χ1v) is 6.89. The van der Waals surface area contributed by atoms with E-state index in [1.54, 1.807) is 23.9 Å². The van der Waals surface area contributed by atoms with E-state index < -0.39 is 0 Å². The maximum atomic E-state index is 6.03. The van der Waals surface area contributed by atoms with Gasteiger partial charge in [0.1, 0.15) is 5.82 Å². The van der Waals surface area contributed by atoms with Gasteiger partial charge in [-0.2, -0.15) is 11.8 Å². The Morgan fingerprint density at radius 1 is 1.56 bits per heavy atom. The molecule has 0 saturated carbocycles. The third-order valence-corrected chi connectivity index (χ3v) is 3.94. The maximum Gasteiger partial charge on any atom is 0.123 e. The van der Waals surface area contributed by atoms with E-state index in [-0.39, 0.29) is 0 Å². The third kappa shape index (κ3) is 3.27. The Morgan fingerprint density at radius 2 is 2.44 bits per heavy atom. The lowest BCUT2D eigenvalue weighted by atomic mass is 10.3. The van der Waals surface area contributed by atoms with Gasteiger partial charge in [-0.15, -0.1) is 0 Å². The van der Waals surface area contributed by atoms with Crippen molar-refractivity contribution in [2.24, 2.45) is 0 Å². The Morgan fingerprint density at radius 3 is 3.19 bits per heavy atom. The van der Waals surface area contributed by atoms with E-state index in [1.165, 1.54) is 12.8 Å². The predicted octanol–water partition coefficient (Wildman–Crippen LogP) is 2.73. The van der Waals surface area contributed by atoms with E-state index >= 15 is 0 Å². The molecular formula is C11H15ClN2OS. The van der Waals surface area contributed by atoms with Crippen molar-refractivity contribution in [2.75, 3.05) is 18.1 Å². The molecule has 0 amide bonds. The van der Waals surface area contributed by atoms with Crippen LogP contribution in [-0.4, -0.2) is 23.4 Å². The van der Waals surface area contributed by atoms with E-state index in [1.807, 2.05) is 0 Å². The lowest BCUT2D eigenvalue weighted by molar-refractivity contribution is 0.129. The van der Waals surface area contributed by atoms with Crippen LogP contribution in [0.2, 0.25) is 5.02 Å². The average molecular weight is 259 g/mol. The number of ether oxygens (including phenoxy) is 1. The largest absolute Gasteiger partial charge is 0.384 e. The van der Waals surface area contributed by atoms with Gasteiger partial charge in [-0.05, 0) is 25.0 Å². The van der Waals surface area contributed by atoms with E-state index in [4.69, 9.17) is 22.1 Å². The monoisotopic (exact) mass is 258 g/mol.